The van der Waals surface area contributed by atoms with Gasteiger partial charge in [-0.3, -0.25) is 4.90 Å². The lowest BCUT2D eigenvalue weighted by atomic mass is 10.1. The number of aromatic nitrogens is 2. The topological polar surface area (TPSA) is 38.2 Å². The normalized spacial score (nSPS) is 16.8. The second kappa shape index (κ2) is 7.16. The van der Waals surface area contributed by atoms with Gasteiger partial charge in [0.1, 0.15) is 11.8 Å². The molecule has 0 N–H and O–H groups in total. The number of likely N-dealkylation sites (tertiary alicyclic amines) is 1. The van der Waals surface area contributed by atoms with Crippen molar-refractivity contribution in [3.05, 3.63) is 11.2 Å². The highest BCUT2D eigenvalue weighted by Gasteiger charge is 2.10. The molecule has 0 aliphatic carbocycles. The molecule has 100 valence electrons. The summed E-state index contributed by atoms with van der Waals surface area (Å²) in [5.74, 6) is 0.566. The fourth-order valence-electron chi connectivity index (χ4n) is 2.00. The minimum atomic E-state index is 0.433. The molecule has 1 saturated heterocycles. The number of nitrogens with zero attached hydrogens (tertiary/aromatic N) is 3. The summed E-state index contributed by atoms with van der Waals surface area (Å²) >= 11 is 7.36. The van der Waals surface area contributed by atoms with Crippen molar-refractivity contribution in [3.8, 4) is 5.88 Å². The molecule has 0 radical (unpaired) electrons. The summed E-state index contributed by atoms with van der Waals surface area (Å²) in [6.45, 7) is 3.98. The van der Waals surface area contributed by atoms with E-state index in [9.17, 15) is 0 Å². The Morgan fingerprint density at radius 2 is 2.11 bits per heavy atom. The van der Waals surface area contributed by atoms with Crippen molar-refractivity contribution in [1.29, 1.82) is 0 Å². The van der Waals surface area contributed by atoms with Gasteiger partial charge in [0.25, 0.3) is 0 Å². The van der Waals surface area contributed by atoms with Gasteiger partial charge in [0, 0.05) is 12.6 Å². The molecule has 18 heavy (non-hydrogen) atoms. The molecule has 0 aromatic carbocycles. The van der Waals surface area contributed by atoms with Gasteiger partial charge in [-0.05, 0) is 32.2 Å². The van der Waals surface area contributed by atoms with Crippen molar-refractivity contribution in [2.24, 2.45) is 0 Å². The van der Waals surface area contributed by atoms with Crippen molar-refractivity contribution in [1.82, 2.24) is 14.9 Å². The SMILES string of the molecule is CSc1nc(Cl)cc(OCCN2CCCCC2)n1. The van der Waals surface area contributed by atoms with E-state index in [2.05, 4.69) is 14.9 Å². The van der Waals surface area contributed by atoms with E-state index in [0.29, 0.717) is 22.8 Å². The number of hydrogen-bond acceptors (Lipinski definition) is 5. The molecule has 0 saturated carbocycles. The van der Waals surface area contributed by atoms with Gasteiger partial charge >= 0.3 is 0 Å². The fraction of sp³-hybridized carbons (Fsp3) is 0.667. The highest BCUT2D eigenvalue weighted by atomic mass is 35.5. The number of thioether (sulfide) groups is 1. The van der Waals surface area contributed by atoms with Crippen LogP contribution in [0.15, 0.2) is 11.2 Å². The molecule has 0 spiro atoms. The van der Waals surface area contributed by atoms with Gasteiger partial charge in [-0.1, -0.05) is 29.8 Å². The summed E-state index contributed by atoms with van der Waals surface area (Å²) in [5.41, 5.74) is 0. The third kappa shape index (κ3) is 4.30. The Morgan fingerprint density at radius 1 is 1.33 bits per heavy atom. The van der Waals surface area contributed by atoms with E-state index in [1.165, 1.54) is 44.1 Å². The minimum Gasteiger partial charge on any atom is -0.476 e. The maximum absolute atomic E-state index is 5.90. The van der Waals surface area contributed by atoms with E-state index < -0.39 is 0 Å². The first-order chi connectivity index (χ1) is 8.78. The zero-order valence-electron chi connectivity index (χ0n) is 10.6. The van der Waals surface area contributed by atoms with E-state index in [1.54, 1.807) is 6.07 Å². The van der Waals surface area contributed by atoms with Crippen LogP contribution in [0.25, 0.3) is 0 Å². The summed E-state index contributed by atoms with van der Waals surface area (Å²) in [7, 11) is 0. The molecule has 4 nitrogen and oxygen atoms in total. The second-order valence-electron chi connectivity index (χ2n) is 4.27. The van der Waals surface area contributed by atoms with Gasteiger partial charge in [0.05, 0.1) is 0 Å². The Hall–Kier alpha value is -0.520. The Morgan fingerprint density at radius 3 is 2.83 bits per heavy atom. The van der Waals surface area contributed by atoms with Gasteiger partial charge < -0.3 is 4.74 Å². The molecular formula is C12H18ClN3OS. The predicted octanol–water partition coefficient (Wildman–Crippen LogP) is 2.72. The summed E-state index contributed by atoms with van der Waals surface area (Å²) in [4.78, 5) is 10.8. The van der Waals surface area contributed by atoms with Gasteiger partial charge in [0.2, 0.25) is 5.88 Å². The Labute approximate surface area is 117 Å². The number of ether oxygens (including phenoxy) is 1. The van der Waals surface area contributed by atoms with Crippen LogP contribution in [0.5, 0.6) is 5.88 Å². The highest BCUT2D eigenvalue weighted by molar-refractivity contribution is 7.98. The third-order valence-electron chi connectivity index (χ3n) is 2.94. The molecule has 0 bridgehead atoms. The van der Waals surface area contributed by atoms with Crippen molar-refractivity contribution in [2.75, 3.05) is 32.5 Å². The maximum atomic E-state index is 5.90. The maximum Gasteiger partial charge on any atom is 0.218 e. The predicted molar refractivity (Wildman–Crippen MR) is 74.6 cm³/mol. The molecular weight excluding hydrogens is 270 g/mol. The molecule has 0 atom stereocenters. The molecule has 1 aromatic heterocycles. The zero-order chi connectivity index (χ0) is 12.8. The van der Waals surface area contributed by atoms with E-state index in [1.807, 2.05) is 6.26 Å². The lowest BCUT2D eigenvalue weighted by Gasteiger charge is -2.26. The average molecular weight is 288 g/mol. The molecule has 1 fully saturated rings. The highest BCUT2D eigenvalue weighted by Crippen LogP contribution is 2.18. The van der Waals surface area contributed by atoms with Crippen molar-refractivity contribution < 1.29 is 4.74 Å². The first-order valence-corrected chi connectivity index (χ1v) is 7.82. The van der Waals surface area contributed by atoms with E-state index in [0.717, 1.165) is 6.54 Å². The lowest BCUT2D eigenvalue weighted by molar-refractivity contribution is 0.180. The van der Waals surface area contributed by atoms with Crippen LogP contribution < -0.4 is 4.74 Å². The third-order valence-corrected chi connectivity index (χ3v) is 3.68. The molecule has 2 heterocycles. The summed E-state index contributed by atoms with van der Waals surface area (Å²) in [6, 6.07) is 1.66. The van der Waals surface area contributed by atoms with Crippen LogP contribution in [-0.4, -0.2) is 47.4 Å². The first-order valence-electron chi connectivity index (χ1n) is 6.21. The van der Waals surface area contributed by atoms with Crippen LogP contribution in [-0.2, 0) is 0 Å². The molecule has 0 amide bonds. The summed E-state index contributed by atoms with van der Waals surface area (Å²) in [6.07, 6.45) is 5.88. The van der Waals surface area contributed by atoms with E-state index >= 15 is 0 Å². The van der Waals surface area contributed by atoms with Crippen molar-refractivity contribution in [3.63, 3.8) is 0 Å². The van der Waals surface area contributed by atoms with E-state index in [4.69, 9.17) is 16.3 Å². The molecule has 1 aromatic rings. The van der Waals surface area contributed by atoms with Crippen molar-refractivity contribution in [2.45, 2.75) is 24.4 Å². The molecule has 1 aliphatic rings. The van der Waals surface area contributed by atoms with Crippen LogP contribution >= 0.6 is 23.4 Å². The number of piperidine rings is 1. The number of rotatable bonds is 5. The number of hydrogen-bond donors (Lipinski definition) is 0. The largest absolute Gasteiger partial charge is 0.476 e. The molecule has 6 heteroatoms. The monoisotopic (exact) mass is 287 g/mol. The quantitative estimate of drug-likeness (QED) is 0.473. The minimum absolute atomic E-state index is 0.433. The van der Waals surface area contributed by atoms with Crippen LogP contribution in [0.2, 0.25) is 5.15 Å². The smallest absolute Gasteiger partial charge is 0.218 e. The van der Waals surface area contributed by atoms with Crippen LogP contribution in [0, 0.1) is 0 Å². The Bertz CT molecular complexity index is 386. The van der Waals surface area contributed by atoms with Gasteiger partial charge in [-0.25, -0.2) is 4.98 Å². The Kier molecular flexibility index (Phi) is 5.53. The average Bonchev–Trinajstić information content (AvgIpc) is 2.39. The Balaban J connectivity index is 1.80. The zero-order valence-corrected chi connectivity index (χ0v) is 12.1. The van der Waals surface area contributed by atoms with Crippen molar-refractivity contribution >= 4 is 23.4 Å². The second-order valence-corrected chi connectivity index (χ2v) is 5.43. The van der Waals surface area contributed by atoms with Gasteiger partial charge in [-0.2, -0.15) is 4.98 Å². The standard InChI is InChI=1S/C12H18ClN3OS/c1-18-12-14-10(13)9-11(15-12)17-8-7-16-5-3-2-4-6-16/h9H,2-8H2,1H3. The van der Waals surface area contributed by atoms with Gasteiger partial charge in [-0.15, -0.1) is 0 Å². The summed E-state index contributed by atoms with van der Waals surface area (Å²) in [5, 5.41) is 1.08. The molecule has 0 unspecified atom stereocenters. The summed E-state index contributed by atoms with van der Waals surface area (Å²) < 4.78 is 5.64. The first kappa shape index (κ1) is 13.9. The fourth-order valence-corrected chi connectivity index (χ4v) is 2.60. The van der Waals surface area contributed by atoms with Crippen LogP contribution in [0.1, 0.15) is 19.3 Å². The van der Waals surface area contributed by atoms with E-state index in [-0.39, 0.29) is 0 Å². The molecule has 1 aliphatic heterocycles. The van der Waals surface area contributed by atoms with Gasteiger partial charge in [0.15, 0.2) is 5.16 Å². The van der Waals surface area contributed by atoms with Crippen LogP contribution in [0.4, 0.5) is 0 Å². The lowest BCUT2D eigenvalue weighted by Crippen LogP contribution is -2.33. The molecule has 2 rings (SSSR count). The number of halogens is 1. The van der Waals surface area contributed by atoms with Crippen LogP contribution in [0.3, 0.4) is 0 Å².